The molecule has 4 nitrogen and oxygen atoms in total. The lowest BCUT2D eigenvalue weighted by atomic mass is 10.1. The number of aryl methyl sites for hydroxylation is 2. The molecule has 0 atom stereocenters. The van der Waals surface area contributed by atoms with Crippen LogP contribution in [0.25, 0.3) is 0 Å². The molecule has 1 saturated heterocycles. The zero-order chi connectivity index (χ0) is 14.9. The monoisotopic (exact) mass is 319 g/mol. The maximum atomic E-state index is 13.2. The van der Waals surface area contributed by atoms with Gasteiger partial charge in [0.1, 0.15) is 5.82 Å². The van der Waals surface area contributed by atoms with Gasteiger partial charge in [-0.3, -0.25) is 4.21 Å². The van der Waals surface area contributed by atoms with Crippen molar-refractivity contribution in [1.29, 1.82) is 0 Å². The topological polar surface area (TPSA) is 63.2 Å². The van der Waals surface area contributed by atoms with Crippen molar-refractivity contribution in [2.45, 2.75) is 37.6 Å². The molecule has 0 spiro atoms. The van der Waals surface area contributed by atoms with E-state index in [1.54, 1.807) is 13.8 Å². The van der Waals surface area contributed by atoms with Crippen molar-refractivity contribution in [1.82, 2.24) is 4.72 Å². The molecule has 1 aromatic rings. The molecule has 0 saturated carbocycles. The van der Waals surface area contributed by atoms with Gasteiger partial charge < -0.3 is 0 Å². The summed E-state index contributed by atoms with van der Waals surface area (Å²) in [6.45, 7) is 3.17. The van der Waals surface area contributed by atoms with E-state index in [0.717, 1.165) is 0 Å². The lowest BCUT2D eigenvalue weighted by molar-refractivity contribution is 0.521. The first-order chi connectivity index (χ1) is 9.29. The molecule has 7 heteroatoms. The van der Waals surface area contributed by atoms with Gasteiger partial charge >= 0.3 is 0 Å². The van der Waals surface area contributed by atoms with E-state index in [4.69, 9.17) is 0 Å². The van der Waals surface area contributed by atoms with Crippen LogP contribution >= 0.6 is 0 Å². The Morgan fingerprint density at radius 1 is 1.20 bits per heavy atom. The summed E-state index contributed by atoms with van der Waals surface area (Å²) < 4.78 is 52.0. The van der Waals surface area contributed by atoms with E-state index in [1.165, 1.54) is 12.1 Å². The molecule has 1 heterocycles. The fraction of sp³-hybridized carbons (Fsp3) is 0.538. The van der Waals surface area contributed by atoms with Crippen molar-refractivity contribution in [2.24, 2.45) is 0 Å². The van der Waals surface area contributed by atoms with Crippen molar-refractivity contribution < 1.29 is 17.0 Å². The van der Waals surface area contributed by atoms with Crippen LogP contribution in [-0.4, -0.2) is 30.2 Å². The molecule has 0 bridgehead atoms. The van der Waals surface area contributed by atoms with Crippen LogP contribution in [0, 0.1) is 19.7 Å². The van der Waals surface area contributed by atoms with Gasteiger partial charge in [0.2, 0.25) is 10.0 Å². The summed E-state index contributed by atoms with van der Waals surface area (Å²) >= 11 is 0. The number of rotatable bonds is 3. The minimum atomic E-state index is -3.67. The van der Waals surface area contributed by atoms with Gasteiger partial charge in [0.25, 0.3) is 0 Å². The van der Waals surface area contributed by atoms with E-state index in [2.05, 4.69) is 4.72 Å². The smallest absolute Gasteiger partial charge is 0.241 e. The first kappa shape index (κ1) is 15.6. The second-order valence-corrected chi connectivity index (χ2v) is 8.46. The number of benzene rings is 1. The van der Waals surface area contributed by atoms with E-state index in [-0.39, 0.29) is 10.9 Å². The van der Waals surface area contributed by atoms with Gasteiger partial charge in [-0.15, -0.1) is 0 Å². The average molecular weight is 319 g/mol. The second kappa shape index (κ2) is 5.91. The SMILES string of the molecule is Cc1cc(F)cc(C)c1S(=O)(=O)NC1CCS(=O)CC1. The van der Waals surface area contributed by atoms with Crippen molar-refractivity contribution in [3.63, 3.8) is 0 Å². The number of nitrogens with one attached hydrogen (secondary N) is 1. The molecule has 0 aliphatic carbocycles. The summed E-state index contributed by atoms with van der Waals surface area (Å²) in [6, 6.07) is 2.25. The van der Waals surface area contributed by atoms with Gasteiger partial charge in [0, 0.05) is 28.3 Å². The second-order valence-electron chi connectivity index (χ2n) is 5.11. The molecule has 20 heavy (non-hydrogen) atoms. The van der Waals surface area contributed by atoms with Crippen LogP contribution < -0.4 is 4.72 Å². The molecule has 1 N–H and O–H groups in total. The third kappa shape index (κ3) is 3.45. The first-order valence-corrected chi connectivity index (χ1v) is 9.41. The number of halogens is 1. The van der Waals surface area contributed by atoms with Gasteiger partial charge in [-0.2, -0.15) is 0 Å². The summed E-state index contributed by atoms with van der Waals surface area (Å²) in [6.07, 6.45) is 1.15. The summed E-state index contributed by atoms with van der Waals surface area (Å²) in [5, 5.41) is 0. The zero-order valence-electron chi connectivity index (χ0n) is 11.5. The predicted molar refractivity (Wildman–Crippen MR) is 77.1 cm³/mol. The maximum Gasteiger partial charge on any atom is 0.241 e. The summed E-state index contributed by atoms with van der Waals surface area (Å²) in [5.41, 5.74) is 0.795. The Morgan fingerprint density at radius 2 is 1.70 bits per heavy atom. The van der Waals surface area contributed by atoms with Crippen LogP contribution in [0.1, 0.15) is 24.0 Å². The Morgan fingerprint density at radius 3 is 2.20 bits per heavy atom. The van der Waals surface area contributed by atoms with E-state index >= 15 is 0 Å². The third-order valence-electron chi connectivity index (χ3n) is 3.40. The van der Waals surface area contributed by atoms with E-state index in [1.807, 2.05) is 0 Å². The molecule has 0 amide bonds. The van der Waals surface area contributed by atoms with Gasteiger partial charge in [0.15, 0.2) is 0 Å². The van der Waals surface area contributed by atoms with Gasteiger partial charge in [-0.1, -0.05) is 0 Å². The van der Waals surface area contributed by atoms with Crippen molar-refractivity contribution in [3.8, 4) is 0 Å². The molecule has 0 aromatic heterocycles. The van der Waals surface area contributed by atoms with E-state index < -0.39 is 26.6 Å². The number of hydrogen-bond donors (Lipinski definition) is 1. The lowest BCUT2D eigenvalue weighted by Crippen LogP contribution is -2.40. The normalized spacial score (nSPS) is 23.8. The van der Waals surface area contributed by atoms with Crippen LogP contribution in [0.3, 0.4) is 0 Å². The summed E-state index contributed by atoms with van der Waals surface area (Å²) in [5.74, 6) is 0.607. The zero-order valence-corrected chi connectivity index (χ0v) is 13.1. The first-order valence-electron chi connectivity index (χ1n) is 6.43. The molecule has 1 aromatic carbocycles. The quantitative estimate of drug-likeness (QED) is 0.921. The summed E-state index contributed by atoms with van der Waals surface area (Å²) in [7, 11) is -4.50. The highest BCUT2D eigenvalue weighted by Crippen LogP contribution is 2.22. The standard InChI is InChI=1S/C13H18FNO3S2/c1-9-7-11(14)8-10(2)13(9)20(17,18)15-12-3-5-19(16)6-4-12/h7-8,12,15H,3-6H2,1-2H3. The Labute approximate surface area is 121 Å². The van der Waals surface area contributed by atoms with Crippen molar-refractivity contribution in [3.05, 3.63) is 29.1 Å². The molecular weight excluding hydrogens is 301 g/mol. The van der Waals surface area contributed by atoms with Gasteiger partial charge in [0.05, 0.1) is 4.90 Å². The Balaban J connectivity index is 2.25. The third-order valence-corrected chi connectivity index (χ3v) is 6.61. The van der Waals surface area contributed by atoms with Gasteiger partial charge in [-0.05, 0) is 49.9 Å². The van der Waals surface area contributed by atoms with Crippen molar-refractivity contribution in [2.75, 3.05) is 11.5 Å². The predicted octanol–water partition coefficient (Wildman–Crippen LogP) is 1.63. The fourth-order valence-electron chi connectivity index (χ4n) is 2.51. The van der Waals surface area contributed by atoms with E-state index in [9.17, 15) is 17.0 Å². The van der Waals surface area contributed by atoms with E-state index in [0.29, 0.717) is 35.5 Å². The highest BCUT2D eigenvalue weighted by molar-refractivity contribution is 7.89. The molecule has 112 valence electrons. The highest BCUT2D eigenvalue weighted by Gasteiger charge is 2.26. The number of hydrogen-bond acceptors (Lipinski definition) is 3. The average Bonchev–Trinajstić information content (AvgIpc) is 2.30. The largest absolute Gasteiger partial charge is 0.260 e. The Hall–Kier alpha value is -0.790. The van der Waals surface area contributed by atoms with Crippen molar-refractivity contribution >= 4 is 20.8 Å². The van der Waals surface area contributed by atoms with Crippen LogP contribution in [0.15, 0.2) is 17.0 Å². The molecule has 2 rings (SSSR count). The van der Waals surface area contributed by atoms with Crippen LogP contribution in [0.4, 0.5) is 4.39 Å². The molecule has 1 fully saturated rings. The van der Waals surface area contributed by atoms with Gasteiger partial charge in [-0.25, -0.2) is 17.5 Å². The highest BCUT2D eigenvalue weighted by atomic mass is 32.2. The summed E-state index contributed by atoms with van der Waals surface area (Å²) in [4.78, 5) is 0.144. The Kier molecular flexibility index (Phi) is 4.61. The molecule has 1 aliphatic heterocycles. The lowest BCUT2D eigenvalue weighted by Gasteiger charge is -2.23. The van der Waals surface area contributed by atoms with Crippen LogP contribution in [0.2, 0.25) is 0 Å². The molecule has 0 radical (unpaired) electrons. The minimum absolute atomic E-state index is 0.144. The maximum absolute atomic E-state index is 13.2. The van der Waals surface area contributed by atoms with Crippen LogP contribution in [-0.2, 0) is 20.8 Å². The minimum Gasteiger partial charge on any atom is -0.260 e. The van der Waals surface area contributed by atoms with Crippen LogP contribution in [0.5, 0.6) is 0 Å². The molecule has 1 aliphatic rings. The Bertz CT molecular complexity index is 610. The fourth-order valence-corrected chi connectivity index (χ4v) is 5.57. The number of sulfonamides is 1. The molecular formula is C13H18FNO3S2. The molecule has 0 unspecified atom stereocenters.